The van der Waals surface area contributed by atoms with Crippen LogP contribution in [0, 0.1) is 17.2 Å². The summed E-state index contributed by atoms with van der Waals surface area (Å²) in [5.41, 5.74) is 1.97. The number of Topliss-reactive ketones (excluding diaryl/α,β-unsaturated/α-hetero) is 1. The number of benzene rings is 1. The third-order valence-corrected chi connectivity index (χ3v) is 3.66. The molecule has 0 amide bonds. The summed E-state index contributed by atoms with van der Waals surface area (Å²) in [6, 6.07) is 7.57. The van der Waals surface area contributed by atoms with Crippen molar-refractivity contribution in [2.45, 2.75) is 19.4 Å². The lowest BCUT2D eigenvalue weighted by Gasteiger charge is -2.06. The lowest BCUT2D eigenvalue weighted by Crippen LogP contribution is -2.14. The first kappa shape index (κ1) is 11.9. The zero-order chi connectivity index (χ0) is 13.4. The Labute approximate surface area is 111 Å². The number of rotatable bonds is 2. The van der Waals surface area contributed by atoms with E-state index in [4.69, 9.17) is 10.00 Å². The Balaban J connectivity index is 2.06. The molecule has 0 saturated carbocycles. The quantitative estimate of drug-likeness (QED) is 0.838. The van der Waals surface area contributed by atoms with Crippen LogP contribution in [0.3, 0.4) is 0 Å². The van der Waals surface area contributed by atoms with Crippen molar-refractivity contribution < 1.29 is 9.53 Å². The number of ether oxygens (including phenoxy) is 1. The third kappa shape index (κ3) is 1.92. The highest BCUT2D eigenvalue weighted by atomic mass is 16.5. The van der Waals surface area contributed by atoms with E-state index in [0.29, 0.717) is 17.7 Å². The third-order valence-electron chi connectivity index (χ3n) is 3.66. The molecule has 2 aromatic rings. The van der Waals surface area contributed by atoms with E-state index >= 15 is 0 Å². The maximum atomic E-state index is 12.5. The van der Waals surface area contributed by atoms with Crippen molar-refractivity contribution in [3.05, 3.63) is 35.5 Å². The number of ketones is 1. The lowest BCUT2D eigenvalue weighted by atomic mass is 9.94. The smallest absolute Gasteiger partial charge is 0.170 e. The molecule has 2 atom stereocenters. The molecule has 0 spiro atoms. The minimum absolute atomic E-state index is 0.0679. The number of H-pyrrole nitrogens is 1. The maximum absolute atomic E-state index is 12.5. The minimum Gasteiger partial charge on any atom is -0.378 e. The monoisotopic (exact) mass is 254 g/mol. The zero-order valence-corrected chi connectivity index (χ0v) is 10.6. The van der Waals surface area contributed by atoms with Crippen LogP contribution in [-0.4, -0.2) is 23.5 Å². The summed E-state index contributed by atoms with van der Waals surface area (Å²) in [7, 11) is 0. The van der Waals surface area contributed by atoms with Crippen molar-refractivity contribution in [1.82, 2.24) is 4.98 Å². The van der Waals surface area contributed by atoms with E-state index in [1.165, 1.54) is 0 Å². The van der Waals surface area contributed by atoms with Crippen LogP contribution >= 0.6 is 0 Å². The lowest BCUT2D eigenvalue weighted by molar-refractivity contribution is 0.0879. The number of aromatic amines is 1. The van der Waals surface area contributed by atoms with Crippen LogP contribution < -0.4 is 0 Å². The molecule has 19 heavy (non-hydrogen) atoms. The summed E-state index contributed by atoms with van der Waals surface area (Å²) in [5.74, 6) is -0.0287. The number of carbonyl (C=O) groups excluding carboxylic acids is 1. The van der Waals surface area contributed by atoms with Crippen LogP contribution in [0.5, 0.6) is 0 Å². The molecule has 1 aliphatic heterocycles. The second kappa shape index (κ2) is 4.52. The average Bonchev–Trinajstić information content (AvgIpc) is 3.03. The van der Waals surface area contributed by atoms with Gasteiger partial charge < -0.3 is 9.72 Å². The maximum Gasteiger partial charge on any atom is 0.170 e. The summed E-state index contributed by atoms with van der Waals surface area (Å²) in [4.78, 5) is 15.6. The van der Waals surface area contributed by atoms with E-state index in [1.807, 2.05) is 19.1 Å². The highest BCUT2D eigenvalue weighted by Crippen LogP contribution is 2.28. The molecule has 1 aliphatic rings. The molecule has 2 heterocycles. The molecule has 1 aromatic carbocycles. The number of aromatic nitrogens is 1. The number of hydrogen-bond donors (Lipinski definition) is 1. The normalized spacial score (nSPS) is 22.5. The Morgan fingerprint density at radius 1 is 1.53 bits per heavy atom. The van der Waals surface area contributed by atoms with Crippen LogP contribution in [0.4, 0.5) is 0 Å². The van der Waals surface area contributed by atoms with Crippen LogP contribution in [0.1, 0.15) is 29.3 Å². The molecule has 1 N–H and O–H groups in total. The second-order valence-electron chi connectivity index (χ2n) is 4.98. The standard InChI is InChI=1S/C15H14N2O2/c1-9-5-11(8-19-9)15(18)12-7-17-13-4-2-3-10(6-16)14(12)13/h2-4,7,9,11,17H,5,8H2,1H3. The van der Waals surface area contributed by atoms with Crippen molar-refractivity contribution in [1.29, 1.82) is 5.26 Å². The van der Waals surface area contributed by atoms with Crippen LogP contribution in [0.2, 0.25) is 0 Å². The van der Waals surface area contributed by atoms with E-state index in [9.17, 15) is 4.79 Å². The Morgan fingerprint density at radius 3 is 3.05 bits per heavy atom. The van der Waals surface area contributed by atoms with Gasteiger partial charge in [0.1, 0.15) is 0 Å². The van der Waals surface area contributed by atoms with E-state index in [1.54, 1.807) is 12.3 Å². The van der Waals surface area contributed by atoms with Gasteiger partial charge in [0.05, 0.1) is 24.3 Å². The first-order valence-corrected chi connectivity index (χ1v) is 6.36. The second-order valence-corrected chi connectivity index (χ2v) is 4.98. The van der Waals surface area contributed by atoms with Gasteiger partial charge in [-0.1, -0.05) is 6.07 Å². The Kier molecular flexibility index (Phi) is 2.84. The first-order valence-electron chi connectivity index (χ1n) is 6.36. The largest absolute Gasteiger partial charge is 0.378 e. The molecule has 1 saturated heterocycles. The SMILES string of the molecule is CC1CC(C(=O)c2c[nH]c3cccc(C#N)c23)CO1. The number of nitrogens with zero attached hydrogens (tertiary/aromatic N) is 1. The summed E-state index contributed by atoms with van der Waals surface area (Å²) in [6.45, 7) is 2.45. The van der Waals surface area contributed by atoms with E-state index in [2.05, 4.69) is 11.1 Å². The number of carbonyl (C=O) groups is 1. The van der Waals surface area contributed by atoms with Gasteiger partial charge >= 0.3 is 0 Å². The van der Waals surface area contributed by atoms with Gasteiger partial charge in [0.15, 0.2) is 5.78 Å². The number of nitrogens with one attached hydrogen (secondary N) is 1. The molecule has 3 rings (SSSR count). The molecule has 4 nitrogen and oxygen atoms in total. The number of nitriles is 1. The molecule has 1 aromatic heterocycles. The summed E-state index contributed by atoms with van der Waals surface area (Å²) in [6.07, 6.45) is 2.59. The Bertz CT molecular complexity index is 681. The van der Waals surface area contributed by atoms with Crippen molar-refractivity contribution in [3.63, 3.8) is 0 Å². The first-order chi connectivity index (χ1) is 9.20. The average molecular weight is 254 g/mol. The summed E-state index contributed by atoms with van der Waals surface area (Å²) >= 11 is 0. The van der Waals surface area contributed by atoms with Gasteiger partial charge in [-0.2, -0.15) is 5.26 Å². The van der Waals surface area contributed by atoms with Gasteiger partial charge in [-0.15, -0.1) is 0 Å². The van der Waals surface area contributed by atoms with Gasteiger partial charge in [0, 0.05) is 28.6 Å². The number of fused-ring (bicyclic) bond motifs is 1. The van der Waals surface area contributed by atoms with Gasteiger partial charge in [-0.3, -0.25) is 4.79 Å². The van der Waals surface area contributed by atoms with E-state index in [-0.39, 0.29) is 17.8 Å². The predicted octanol–water partition coefficient (Wildman–Crippen LogP) is 2.65. The zero-order valence-electron chi connectivity index (χ0n) is 10.6. The van der Waals surface area contributed by atoms with Gasteiger partial charge in [0.25, 0.3) is 0 Å². The fourth-order valence-electron chi connectivity index (χ4n) is 2.69. The molecular formula is C15H14N2O2. The van der Waals surface area contributed by atoms with Crippen molar-refractivity contribution >= 4 is 16.7 Å². The van der Waals surface area contributed by atoms with Gasteiger partial charge in [-0.25, -0.2) is 0 Å². The molecule has 0 aliphatic carbocycles. The molecule has 96 valence electrons. The Morgan fingerprint density at radius 2 is 2.37 bits per heavy atom. The highest BCUT2D eigenvalue weighted by Gasteiger charge is 2.30. The predicted molar refractivity (Wildman–Crippen MR) is 70.9 cm³/mol. The molecule has 1 fully saturated rings. The fourth-order valence-corrected chi connectivity index (χ4v) is 2.69. The van der Waals surface area contributed by atoms with Crippen molar-refractivity contribution in [3.8, 4) is 6.07 Å². The van der Waals surface area contributed by atoms with Crippen LogP contribution in [-0.2, 0) is 4.74 Å². The van der Waals surface area contributed by atoms with Crippen molar-refractivity contribution in [2.75, 3.05) is 6.61 Å². The summed E-state index contributed by atoms with van der Waals surface area (Å²) < 4.78 is 5.46. The van der Waals surface area contributed by atoms with Crippen molar-refractivity contribution in [2.24, 2.45) is 5.92 Å². The molecule has 0 bridgehead atoms. The van der Waals surface area contributed by atoms with Gasteiger partial charge in [0.2, 0.25) is 0 Å². The Hall–Kier alpha value is -2.12. The van der Waals surface area contributed by atoms with E-state index < -0.39 is 0 Å². The highest BCUT2D eigenvalue weighted by molar-refractivity contribution is 6.10. The molecule has 2 unspecified atom stereocenters. The molecule has 0 radical (unpaired) electrons. The van der Waals surface area contributed by atoms with E-state index in [0.717, 1.165) is 17.3 Å². The minimum atomic E-state index is -0.0965. The fraction of sp³-hybridized carbons (Fsp3) is 0.333. The topological polar surface area (TPSA) is 65.9 Å². The molecule has 4 heteroatoms. The van der Waals surface area contributed by atoms with Crippen LogP contribution in [0.15, 0.2) is 24.4 Å². The molecular weight excluding hydrogens is 240 g/mol. The summed E-state index contributed by atoms with van der Waals surface area (Å²) in [5, 5.41) is 9.90. The number of hydrogen-bond acceptors (Lipinski definition) is 3. The van der Waals surface area contributed by atoms with Gasteiger partial charge in [-0.05, 0) is 25.5 Å². The van der Waals surface area contributed by atoms with Crippen LogP contribution in [0.25, 0.3) is 10.9 Å².